The molecule has 0 saturated carbocycles. The fourth-order valence-corrected chi connectivity index (χ4v) is 5.48. The Morgan fingerprint density at radius 1 is 0.974 bits per heavy atom. The van der Waals surface area contributed by atoms with Crippen LogP contribution in [0.1, 0.15) is 33.3 Å². The number of nitrogens with zero attached hydrogens (tertiary/aromatic N) is 2. The average molecular weight is 572 g/mol. The van der Waals surface area contributed by atoms with Gasteiger partial charge in [0.15, 0.2) is 0 Å². The molecular weight excluding hydrogens is 538 g/mol. The van der Waals surface area contributed by atoms with Crippen LogP contribution in [-0.2, 0) is 26.2 Å². The zero-order valence-electron chi connectivity index (χ0n) is 22.7. The highest BCUT2D eigenvalue weighted by molar-refractivity contribution is 7.92. The Hall–Kier alpha value is -3.56. The number of carbonyl (C=O) groups is 2. The summed E-state index contributed by atoms with van der Waals surface area (Å²) in [6, 6.07) is 20.4. The van der Waals surface area contributed by atoms with Crippen LogP contribution in [0.3, 0.4) is 0 Å². The fraction of sp³-hybridized carbons (Fsp3) is 0.310. The lowest BCUT2D eigenvalue weighted by molar-refractivity contribution is -0.140. The third-order valence-electron chi connectivity index (χ3n) is 5.88. The number of anilines is 1. The van der Waals surface area contributed by atoms with Gasteiger partial charge in [0.1, 0.15) is 18.3 Å². The predicted molar refractivity (Wildman–Crippen MR) is 153 cm³/mol. The molecule has 0 radical (unpaired) electrons. The Balaban J connectivity index is 2.02. The molecular formula is C29H34ClN3O5S. The molecule has 0 bridgehead atoms. The van der Waals surface area contributed by atoms with Crippen LogP contribution < -0.4 is 14.4 Å². The van der Waals surface area contributed by atoms with Gasteiger partial charge >= 0.3 is 0 Å². The van der Waals surface area contributed by atoms with Crippen molar-refractivity contribution in [3.8, 4) is 5.75 Å². The number of hydrogen-bond acceptors (Lipinski definition) is 5. The van der Waals surface area contributed by atoms with Crippen LogP contribution in [0.2, 0.25) is 5.02 Å². The minimum atomic E-state index is -4.15. The first-order chi connectivity index (χ1) is 18.3. The van der Waals surface area contributed by atoms with Crippen molar-refractivity contribution in [2.75, 3.05) is 18.0 Å². The number of benzene rings is 3. The summed E-state index contributed by atoms with van der Waals surface area (Å²) < 4.78 is 33.7. The first-order valence-electron chi connectivity index (χ1n) is 12.4. The van der Waals surface area contributed by atoms with Gasteiger partial charge in [-0.05, 0) is 75.7 Å². The SMILES string of the molecule is COc1ccc(CN(C(=O)CN(c2cccc(Cl)c2)S(=O)(=O)c2ccccc2)[C@@H](C)C(=O)NC(C)(C)C)cc1. The molecule has 0 aliphatic heterocycles. The molecule has 10 heteroatoms. The number of methoxy groups -OCH3 is 1. The zero-order chi connectivity index (χ0) is 28.8. The van der Waals surface area contributed by atoms with E-state index in [4.69, 9.17) is 16.3 Å². The first kappa shape index (κ1) is 30.0. The number of carbonyl (C=O) groups excluding carboxylic acids is 2. The Labute approximate surface area is 235 Å². The summed E-state index contributed by atoms with van der Waals surface area (Å²) in [6.45, 7) is 6.71. The second-order valence-corrected chi connectivity index (χ2v) is 12.4. The van der Waals surface area contributed by atoms with Gasteiger partial charge < -0.3 is 15.0 Å². The monoisotopic (exact) mass is 571 g/mol. The van der Waals surface area contributed by atoms with E-state index in [1.165, 1.54) is 23.1 Å². The topological polar surface area (TPSA) is 96.0 Å². The van der Waals surface area contributed by atoms with Gasteiger partial charge in [-0.25, -0.2) is 8.42 Å². The maximum atomic E-state index is 13.9. The third kappa shape index (κ3) is 7.97. The number of rotatable bonds is 10. The lowest BCUT2D eigenvalue weighted by atomic mass is 10.1. The van der Waals surface area contributed by atoms with E-state index in [-0.39, 0.29) is 23.0 Å². The number of ether oxygens (including phenoxy) is 1. The number of amides is 2. The summed E-state index contributed by atoms with van der Waals surface area (Å²) in [7, 11) is -2.59. The minimum absolute atomic E-state index is 0.0259. The first-order valence-corrected chi connectivity index (χ1v) is 14.2. The molecule has 1 N–H and O–H groups in total. The smallest absolute Gasteiger partial charge is 0.264 e. The molecule has 3 aromatic carbocycles. The summed E-state index contributed by atoms with van der Waals surface area (Å²) >= 11 is 6.19. The van der Waals surface area contributed by atoms with Crippen molar-refractivity contribution in [3.63, 3.8) is 0 Å². The lowest BCUT2D eigenvalue weighted by Gasteiger charge is -2.33. The van der Waals surface area contributed by atoms with Crippen molar-refractivity contribution in [3.05, 3.63) is 89.4 Å². The van der Waals surface area contributed by atoms with Gasteiger partial charge in [0.25, 0.3) is 10.0 Å². The van der Waals surface area contributed by atoms with E-state index in [2.05, 4.69) is 5.32 Å². The van der Waals surface area contributed by atoms with Gasteiger partial charge in [-0.2, -0.15) is 0 Å². The predicted octanol–water partition coefficient (Wildman–Crippen LogP) is 4.88. The minimum Gasteiger partial charge on any atom is -0.497 e. The van der Waals surface area contributed by atoms with Crippen molar-refractivity contribution in [2.45, 2.75) is 50.7 Å². The molecule has 39 heavy (non-hydrogen) atoms. The second kappa shape index (κ2) is 12.5. The van der Waals surface area contributed by atoms with Crippen molar-refractivity contribution >= 4 is 39.1 Å². The van der Waals surface area contributed by atoms with Crippen LogP contribution in [0.15, 0.2) is 83.8 Å². The van der Waals surface area contributed by atoms with Crippen LogP contribution in [0.5, 0.6) is 5.75 Å². The molecule has 0 saturated heterocycles. The maximum absolute atomic E-state index is 13.9. The van der Waals surface area contributed by atoms with Crippen molar-refractivity contribution in [1.82, 2.24) is 10.2 Å². The lowest BCUT2D eigenvalue weighted by Crippen LogP contribution is -2.54. The summed E-state index contributed by atoms with van der Waals surface area (Å²) in [6.07, 6.45) is 0. The molecule has 0 spiro atoms. The Morgan fingerprint density at radius 3 is 2.18 bits per heavy atom. The molecule has 0 fully saturated rings. The van der Waals surface area contributed by atoms with Crippen LogP contribution in [0, 0.1) is 0 Å². The highest BCUT2D eigenvalue weighted by Crippen LogP contribution is 2.27. The molecule has 1 atom stereocenters. The Kier molecular flexibility index (Phi) is 9.63. The van der Waals surface area contributed by atoms with E-state index < -0.39 is 34.1 Å². The van der Waals surface area contributed by atoms with Gasteiger partial charge in [0.05, 0.1) is 17.7 Å². The summed E-state index contributed by atoms with van der Waals surface area (Å²) in [4.78, 5) is 28.5. The molecule has 0 aromatic heterocycles. The quantitative estimate of drug-likeness (QED) is 0.374. The van der Waals surface area contributed by atoms with E-state index in [0.717, 1.165) is 9.87 Å². The second-order valence-electron chi connectivity index (χ2n) is 10.1. The Morgan fingerprint density at radius 2 is 1.62 bits per heavy atom. The number of sulfonamides is 1. The Bertz CT molecular complexity index is 1390. The van der Waals surface area contributed by atoms with Gasteiger partial charge in [-0.3, -0.25) is 13.9 Å². The van der Waals surface area contributed by atoms with Gasteiger partial charge in [-0.1, -0.05) is 48.0 Å². The van der Waals surface area contributed by atoms with Crippen molar-refractivity contribution in [1.29, 1.82) is 0 Å². The molecule has 3 aromatic rings. The molecule has 0 unspecified atom stereocenters. The third-order valence-corrected chi connectivity index (χ3v) is 7.91. The van der Waals surface area contributed by atoms with Crippen LogP contribution in [-0.4, -0.2) is 50.4 Å². The van der Waals surface area contributed by atoms with Crippen molar-refractivity contribution < 1.29 is 22.7 Å². The normalized spacial score (nSPS) is 12.4. The molecule has 8 nitrogen and oxygen atoms in total. The summed E-state index contributed by atoms with van der Waals surface area (Å²) in [5, 5.41) is 3.23. The molecule has 0 heterocycles. The van der Waals surface area contributed by atoms with Crippen LogP contribution >= 0.6 is 11.6 Å². The van der Waals surface area contributed by atoms with Crippen molar-refractivity contribution in [2.24, 2.45) is 0 Å². The van der Waals surface area contributed by atoms with Gasteiger partial charge in [0, 0.05) is 17.1 Å². The van der Waals surface area contributed by atoms with E-state index in [0.29, 0.717) is 10.8 Å². The number of hydrogen-bond donors (Lipinski definition) is 1. The largest absolute Gasteiger partial charge is 0.497 e. The van der Waals surface area contributed by atoms with Gasteiger partial charge in [-0.15, -0.1) is 0 Å². The van der Waals surface area contributed by atoms with E-state index >= 15 is 0 Å². The van der Waals surface area contributed by atoms with Crippen LogP contribution in [0.4, 0.5) is 5.69 Å². The van der Waals surface area contributed by atoms with E-state index in [1.54, 1.807) is 74.7 Å². The molecule has 3 rings (SSSR count). The van der Waals surface area contributed by atoms with E-state index in [1.807, 2.05) is 20.8 Å². The molecule has 0 aliphatic carbocycles. The molecule has 2 amide bonds. The highest BCUT2D eigenvalue weighted by atomic mass is 35.5. The molecule has 0 aliphatic rings. The molecule has 208 valence electrons. The standard InChI is InChI=1S/C29H34ClN3O5S/c1-21(28(35)31-29(2,3)4)32(19-22-14-16-25(38-5)17-15-22)27(34)20-33(24-11-9-10-23(30)18-24)39(36,37)26-12-7-6-8-13-26/h6-18,21H,19-20H2,1-5H3,(H,31,35)/t21-/m0/s1. The average Bonchev–Trinajstić information content (AvgIpc) is 2.89. The summed E-state index contributed by atoms with van der Waals surface area (Å²) in [5.74, 6) is -0.261. The number of halogens is 1. The maximum Gasteiger partial charge on any atom is 0.264 e. The highest BCUT2D eigenvalue weighted by Gasteiger charge is 2.33. The van der Waals surface area contributed by atoms with Gasteiger partial charge in [0.2, 0.25) is 11.8 Å². The van der Waals surface area contributed by atoms with Crippen LogP contribution in [0.25, 0.3) is 0 Å². The van der Waals surface area contributed by atoms with E-state index in [9.17, 15) is 18.0 Å². The zero-order valence-corrected chi connectivity index (χ0v) is 24.3. The number of nitrogens with one attached hydrogen (secondary N) is 1. The summed E-state index contributed by atoms with van der Waals surface area (Å²) in [5.41, 5.74) is 0.458. The fourth-order valence-electron chi connectivity index (χ4n) is 3.86.